The summed E-state index contributed by atoms with van der Waals surface area (Å²) in [5.41, 5.74) is 14.2. The van der Waals surface area contributed by atoms with Crippen LogP contribution in [0.15, 0.2) is 128 Å². The number of nitrogens with zero attached hydrogens (tertiary/aromatic N) is 4. The zero-order valence-electron chi connectivity index (χ0n) is 24.0. The topological polar surface area (TPSA) is 89.2 Å². The van der Waals surface area contributed by atoms with Crippen LogP contribution in [-0.2, 0) is 6.61 Å². The molecular formula is C35H32N6O2. The third-order valence-electron chi connectivity index (χ3n) is 7.07. The Kier molecular flexibility index (Phi) is 7.91. The molecule has 7 aromatic rings. The van der Waals surface area contributed by atoms with Gasteiger partial charge in [-0.05, 0) is 91.2 Å². The Morgan fingerprint density at radius 2 is 1.19 bits per heavy atom. The molecule has 8 nitrogen and oxygen atoms in total. The highest BCUT2D eigenvalue weighted by atomic mass is 16.5. The average Bonchev–Trinajstić information content (AvgIpc) is 3.52. The van der Waals surface area contributed by atoms with Crippen LogP contribution in [-0.4, -0.2) is 24.4 Å². The Hall–Kier alpha value is -5.76. The summed E-state index contributed by atoms with van der Waals surface area (Å²) in [4.78, 5) is 8.03. The van der Waals surface area contributed by atoms with Gasteiger partial charge in [-0.1, -0.05) is 30.3 Å². The summed E-state index contributed by atoms with van der Waals surface area (Å²) in [7, 11) is 0. The van der Waals surface area contributed by atoms with E-state index >= 15 is 0 Å². The second-order valence-electron chi connectivity index (χ2n) is 10.2. The Labute approximate surface area is 249 Å². The van der Waals surface area contributed by atoms with Gasteiger partial charge in [0, 0.05) is 48.0 Å². The largest absolute Gasteiger partial charge is 0.508 e. The van der Waals surface area contributed by atoms with Gasteiger partial charge in [-0.15, -0.1) is 0 Å². The number of nitrogens with one attached hydrogen (secondary N) is 2. The van der Waals surface area contributed by atoms with Crippen LogP contribution in [0.2, 0.25) is 0 Å². The van der Waals surface area contributed by atoms with Crippen molar-refractivity contribution >= 4 is 33.2 Å². The van der Waals surface area contributed by atoms with Gasteiger partial charge in [-0.3, -0.25) is 30.2 Å². The van der Waals surface area contributed by atoms with E-state index in [1.54, 1.807) is 36.9 Å². The molecule has 0 spiro atoms. The average molecular weight is 569 g/mol. The van der Waals surface area contributed by atoms with Crippen LogP contribution in [0, 0.1) is 13.8 Å². The van der Waals surface area contributed by atoms with Gasteiger partial charge in [-0.25, -0.2) is 0 Å². The molecule has 0 radical (unpaired) electrons. The number of pyridine rings is 2. The Balaban J connectivity index is 0.000000162. The summed E-state index contributed by atoms with van der Waals surface area (Å²) in [6.45, 7) is 4.70. The molecule has 43 heavy (non-hydrogen) atoms. The smallest absolute Gasteiger partial charge is 0.120 e. The number of aryl methyl sites for hydroxylation is 2. The minimum Gasteiger partial charge on any atom is -0.508 e. The van der Waals surface area contributed by atoms with Gasteiger partial charge < -0.3 is 9.84 Å². The molecule has 0 aliphatic carbocycles. The molecule has 0 unspecified atom stereocenters. The first-order valence-electron chi connectivity index (χ1n) is 14.0. The normalized spacial score (nSPS) is 10.7. The van der Waals surface area contributed by atoms with E-state index in [2.05, 4.69) is 58.2 Å². The lowest BCUT2D eigenvalue weighted by molar-refractivity contribution is 0.306. The molecule has 4 heterocycles. The first-order valence-corrected chi connectivity index (χ1v) is 14.0. The third-order valence-corrected chi connectivity index (χ3v) is 7.07. The molecule has 0 aliphatic rings. The Morgan fingerprint density at radius 1 is 0.651 bits per heavy atom. The van der Waals surface area contributed by atoms with Gasteiger partial charge in [0.05, 0.1) is 22.4 Å². The second kappa shape index (κ2) is 12.4. The first-order chi connectivity index (χ1) is 21.0. The fourth-order valence-electron chi connectivity index (χ4n) is 4.90. The zero-order valence-corrected chi connectivity index (χ0v) is 24.0. The lowest BCUT2D eigenvalue weighted by Crippen LogP contribution is -2.07. The van der Waals surface area contributed by atoms with Crippen LogP contribution >= 0.6 is 0 Å². The number of aromatic nitrogens is 4. The highest BCUT2D eigenvalue weighted by Gasteiger charge is 2.08. The maximum Gasteiger partial charge on any atom is 0.120 e. The molecule has 3 aromatic carbocycles. The van der Waals surface area contributed by atoms with Crippen molar-refractivity contribution in [2.75, 3.05) is 10.9 Å². The second-order valence-corrected chi connectivity index (χ2v) is 10.2. The van der Waals surface area contributed by atoms with Crippen molar-refractivity contribution in [3.63, 3.8) is 0 Å². The van der Waals surface area contributed by atoms with E-state index in [1.165, 1.54) is 10.9 Å². The van der Waals surface area contributed by atoms with E-state index in [0.29, 0.717) is 6.61 Å². The van der Waals surface area contributed by atoms with Crippen molar-refractivity contribution in [1.82, 2.24) is 19.3 Å². The fourth-order valence-corrected chi connectivity index (χ4v) is 4.90. The quantitative estimate of drug-likeness (QED) is 0.182. The minimum atomic E-state index is 0.285. The number of anilines is 2. The number of phenols is 1. The number of fused-ring (bicyclic) bond motifs is 2. The molecule has 8 heteroatoms. The number of aromatic hydroxyl groups is 1. The van der Waals surface area contributed by atoms with Crippen LogP contribution < -0.4 is 15.6 Å². The predicted octanol–water partition coefficient (Wildman–Crippen LogP) is 7.72. The summed E-state index contributed by atoms with van der Waals surface area (Å²) in [5, 5.41) is 11.7. The Bertz CT molecular complexity index is 1950. The molecule has 0 saturated carbocycles. The van der Waals surface area contributed by atoms with E-state index in [4.69, 9.17) is 4.74 Å². The molecule has 214 valence electrons. The van der Waals surface area contributed by atoms with Gasteiger partial charge in [0.25, 0.3) is 0 Å². The summed E-state index contributed by atoms with van der Waals surface area (Å²) < 4.78 is 9.92. The number of rotatable bonds is 7. The van der Waals surface area contributed by atoms with Gasteiger partial charge in [0.2, 0.25) is 0 Å². The summed E-state index contributed by atoms with van der Waals surface area (Å²) in [5.74, 6) is 1.16. The molecule has 0 saturated heterocycles. The van der Waals surface area contributed by atoms with Crippen molar-refractivity contribution in [2.24, 2.45) is 0 Å². The monoisotopic (exact) mass is 568 g/mol. The molecule has 0 atom stereocenters. The number of benzene rings is 3. The van der Waals surface area contributed by atoms with Crippen molar-refractivity contribution in [3.05, 3.63) is 145 Å². The molecular weight excluding hydrogens is 536 g/mol. The molecule has 3 N–H and O–H groups in total. The molecule has 4 aromatic heterocycles. The number of ether oxygens (including phenoxy) is 1. The van der Waals surface area contributed by atoms with Crippen LogP contribution in [0.3, 0.4) is 0 Å². The van der Waals surface area contributed by atoms with Gasteiger partial charge in [0.15, 0.2) is 0 Å². The molecule has 7 rings (SSSR count). The number of hydrogen-bond donors (Lipinski definition) is 3. The van der Waals surface area contributed by atoms with Gasteiger partial charge >= 0.3 is 0 Å². The van der Waals surface area contributed by atoms with Crippen LogP contribution in [0.5, 0.6) is 11.5 Å². The van der Waals surface area contributed by atoms with Crippen molar-refractivity contribution in [1.29, 1.82) is 0 Å². The van der Waals surface area contributed by atoms with Crippen molar-refractivity contribution in [3.8, 4) is 11.5 Å². The standard InChI is InChI=1S/C21H19N3O.C14H13N3O/c1-16-14-24(23-18-9-11-22-12-10-18)21-8-7-19(13-20(16)21)25-15-17-5-3-2-4-6-17;1-10-9-17(16-11-4-6-15-7-5-11)14-3-2-12(18)8-13(10)14/h2-14H,15H2,1H3,(H,22,23);2-9,18H,1H3,(H,15,16). The van der Waals surface area contributed by atoms with E-state index in [0.717, 1.165) is 44.7 Å². The molecule has 0 fully saturated rings. The first kappa shape index (κ1) is 27.4. The molecule has 0 amide bonds. The lowest BCUT2D eigenvalue weighted by atomic mass is 10.2. The SMILES string of the molecule is Cc1cn(Nc2ccncc2)c2ccc(O)cc12.Cc1cn(Nc2ccncc2)c2ccc(OCc3ccccc3)cc12. The Morgan fingerprint density at radius 3 is 1.77 bits per heavy atom. The summed E-state index contributed by atoms with van der Waals surface area (Å²) >= 11 is 0. The number of hydrogen-bond acceptors (Lipinski definition) is 6. The third kappa shape index (κ3) is 6.44. The van der Waals surface area contributed by atoms with Crippen LogP contribution in [0.4, 0.5) is 11.4 Å². The highest BCUT2D eigenvalue weighted by molar-refractivity contribution is 5.86. The van der Waals surface area contributed by atoms with Crippen molar-refractivity contribution in [2.45, 2.75) is 20.5 Å². The highest BCUT2D eigenvalue weighted by Crippen LogP contribution is 2.27. The van der Waals surface area contributed by atoms with Gasteiger partial charge in [0.1, 0.15) is 18.1 Å². The maximum absolute atomic E-state index is 9.52. The number of phenolic OH excluding ortho intramolecular Hbond substituents is 1. The molecule has 0 aliphatic heterocycles. The maximum atomic E-state index is 9.52. The predicted molar refractivity (Wildman–Crippen MR) is 172 cm³/mol. The minimum absolute atomic E-state index is 0.285. The van der Waals surface area contributed by atoms with Gasteiger partial charge in [-0.2, -0.15) is 0 Å². The molecule has 0 bridgehead atoms. The van der Waals surface area contributed by atoms with Crippen LogP contribution in [0.25, 0.3) is 21.8 Å². The lowest BCUT2D eigenvalue weighted by Gasteiger charge is -2.10. The summed E-state index contributed by atoms with van der Waals surface area (Å²) in [6, 6.07) is 29.4. The van der Waals surface area contributed by atoms with Crippen LogP contribution in [0.1, 0.15) is 16.7 Å². The summed E-state index contributed by atoms with van der Waals surface area (Å²) in [6.07, 6.45) is 11.1. The van der Waals surface area contributed by atoms with Crippen molar-refractivity contribution < 1.29 is 9.84 Å². The van der Waals surface area contributed by atoms with E-state index in [9.17, 15) is 5.11 Å². The van der Waals surface area contributed by atoms with E-state index in [-0.39, 0.29) is 5.75 Å². The fraction of sp³-hybridized carbons (Fsp3) is 0.0857. The van der Waals surface area contributed by atoms with E-state index in [1.807, 2.05) is 77.1 Å². The van der Waals surface area contributed by atoms with E-state index < -0.39 is 0 Å². The zero-order chi connectivity index (χ0) is 29.6.